The van der Waals surface area contributed by atoms with Crippen LogP contribution in [-0.4, -0.2) is 38.1 Å². The number of hydrogen-bond donors (Lipinski definition) is 1. The summed E-state index contributed by atoms with van der Waals surface area (Å²) in [5, 5.41) is 2.85. The van der Waals surface area contributed by atoms with Gasteiger partial charge in [-0.15, -0.1) is 0 Å². The molecule has 6 nitrogen and oxygen atoms in total. The predicted molar refractivity (Wildman–Crippen MR) is 93.8 cm³/mol. The van der Waals surface area contributed by atoms with Gasteiger partial charge in [0.1, 0.15) is 11.5 Å². The number of carbonyl (C=O) groups excluding carboxylic acids is 2. The summed E-state index contributed by atoms with van der Waals surface area (Å²) in [6.45, 7) is 0.358. The van der Waals surface area contributed by atoms with Gasteiger partial charge >= 0.3 is 0 Å². The van der Waals surface area contributed by atoms with Crippen LogP contribution in [0.2, 0.25) is 0 Å². The van der Waals surface area contributed by atoms with Gasteiger partial charge < -0.3 is 19.7 Å². The lowest BCUT2D eigenvalue weighted by Gasteiger charge is -2.17. The van der Waals surface area contributed by atoms with Crippen LogP contribution in [0.1, 0.15) is 6.42 Å². The highest BCUT2D eigenvalue weighted by atomic mass is 16.5. The highest BCUT2D eigenvalue weighted by molar-refractivity contribution is 5.96. The molecule has 0 saturated carbocycles. The fourth-order valence-electron chi connectivity index (χ4n) is 2.77. The standard InChI is InChI=1S/C19H20N2O4/c1-24-16-8-5-9-17(11-16)25-13-18(22)20-14-10-19(23)21(12-14)15-6-3-2-4-7-15/h2-9,11,14H,10,12-13H2,1H3,(H,20,22)/t14-/m0/s1. The van der Waals surface area contributed by atoms with Crippen molar-refractivity contribution in [3.05, 3.63) is 54.6 Å². The fraction of sp³-hybridized carbons (Fsp3) is 0.263. The zero-order chi connectivity index (χ0) is 17.6. The average molecular weight is 340 g/mol. The van der Waals surface area contributed by atoms with Crippen molar-refractivity contribution in [3.63, 3.8) is 0 Å². The predicted octanol–water partition coefficient (Wildman–Crippen LogP) is 2.00. The molecule has 25 heavy (non-hydrogen) atoms. The van der Waals surface area contributed by atoms with Crippen LogP contribution in [0.15, 0.2) is 54.6 Å². The summed E-state index contributed by atoms with van der Waals surface area (Å²) in [6.07, 6.45) is 0.291. The Morgan fingerprint density at radius 1 is 1.16 bits per heavy atom. The Hall–Kier alpha value is -3.02. The Morgan fingerprint density at radius 3 is 2.68 bits per heavy atom. The first kappa shape index (κ1) is 16.8. The van der Waals surface area contributed by atoms with Crippen molar-refractivity contribution in [2.24, 2.45) is 0 Å². The van der Waals surface area contributed by atoms with Crippen LogP contribution in [0, 0.1) is 0 Å². The minimum Gasteiger partial charge on any atom is -0.497 e. The third-order valence-electron chi connectivity index (χ3n) is 3.97. The molecule has 0 aliphatic carbocycles. The maximum absolute atomic E-state index is 12.1. The van der Waals surface area contributed by atoms with Gasteiger partial charge in [-0.25, -0.2) is 0 Å². The number of amides is 2. The normalized spacial score (nSPS) is 16.6. The first-order valence-electron chi connectivity index (χ1n) is 8.07. The molecule has 2 aromatic carbocycles. The molecule has 1 atom stereocenters. The van der Waals surface area contributed by atoms with Gasteiger partial charge in [-0.2, -0.15) is 0 Å². The first-order valence-corrected chi connectivity index (χ1v) is 8.07. The zero-order valence-corrected chi connectivity index (χ0v) is 14.0. The monoisotopic (exact) mass is 340 g/mol. The fourth-order valence-corrected chi connectivity index (χ4v) is 2.77. The van der Waals surface area contributed by atoms with Gasteiger partial charge in [0.2, 0.25) is 5.91 Å². The van der Waals surface area contributed by atoms with E-state index in [4.69, 9.17) is 9.47 Å². The summed E-state index contributed by atoms with van der Waals surface area (Å²) in [6, 6.07) is 16.3. The third-order valence-corrected chi connectivity index (χ3v) is 3.97. The smallest absolute Gasteiger partial charge is 0.258 e. The second-order valence-electron chi connectivity index (χ2n) is 5.78. The maximum atomic E-state index is 12.1. The third kappa shape index (κ3) is 4.29. The summed E-state index contributed by atoms with van der Waals surface area (Å²) < 4.78 is 10.6. The molecule has 130 valence electrons. The molecule has 6 heteroatoms. The molecule has 0 unspecified atom stereocenters. The molecule has 0 aromatic heterocycles. The van der Waals surface area contributed by atoms with E-state index in [0.717, 1.165) is 5.69 Å². The highest BCUT2D eigenvalue weighted by Gasteiger charge is 2.31. The molecule has 1 heterocycles. The molecular weight excluding hydrogens is 320 g/mol. The lowest BCUT2D eigenvalue weighted by Crippen LogP contribution is -2.39. The quantitative estimate of drug-likeness (QED) is 0.873. The van der Waals surface area contributed by atoms with Crippen LogP contribution in [0.3, 0.4) is 0 Å². The maximum Gasteiger partial charge on any atom is 0.258 e. The van der Waals surface area contributed by atoms with Gasteiger partial charge in [0.15, 0.2) is 6.61 Å². The largest absolute Gasteiger partial charge is 0.497 e. The molecular formula is C19H20N2O4. The van der Waals surface area contributed by atoms with Gasteiger partial charge in [0.25, 0.3) is 5.91 Å². The Labute approximate surface area is 146 Å². The molecule has 0 spiro atoms. The number of rotatable bonds is 6. The van der Waals surface area contributed by atoms with Crippen LogP contribution in [0.5, 0.6) is 11.5 Å². The Bertz CT molecular complexity index is 748. The number of carbonyl (C=O) groups is 2. The lowest BCUT2D eigenvalue weighted by molar-refractivity contribution is -0.123. The van der Waals surface area contributed by atoms with Crippen LogP contribution in [-0.2, 0) is 9.59 Å². The number of nitrogens with one attached hydrogen (secondary N) is 1. The van der Waals surface area contributed by atoms with Crippen molar-refractivity contribution < 1.29 is 19.1 Å². The number of benzene rings is 2. The molecule has 1 fully saturated rings. The SMILES string of the molecule is COc1cccc(OCC(=O)N[C@H]2CC(=O)N(c3ccccc3)C2)c1. The minimum absolute atomic E-state index is 0.00483. The van der Waals surface area contributed by atoms with E-state index in [0.29, 0.717) is 24.5 Å². The van der Waals surface area contributed by atoms with Gasteiger partial charge in [-0.3, -0.25) is 9.59 Å². The van der Waals surface area contributed by atoms with Crippen LogP contribution >= 0.6 is 0 Å². The zero-order valence-electron chi connectivity index (χ0n) is 14.0. The molecule has 1 N–H and O–H groups in total. The average Bonchev–Trinajstić information content (AvgIpc) is 3.01. The van der Waals surface area contributed by atoms with E-state index in [-0.39, 0.29) is 24.5 Å². The van der Waals surface area contributed by atoms with E-state index < -0.39 is 0 Å². The van der Waals surface area contributed by atoms with Crippen LogP contribution < -0.4 is 19.7 Å². The van der Waals surface area contributed by atoms with Crippen molar-refractivity contribution in [2.75, 3.05) is 25.2 Å². The molecule has 3 rings (SSSR count). The Morgan fingerprint density at radius 2 is 1.92 bits per heavy atom. The molecule has 0 radical (unpaired) electrons. The van der Waals surface area contributed by atoms with Gasteiger partial charge in [-0.1, -0.05) is 24.3 Å². The van der Waals surface area contributed by atoms with Crippen LogP contribution in [0.4, 0.5) is 5.69 Å². The number of hydrogen-bond acceptors (Lipinski definition) is 4. The Balaban J connectivity index is 1.51. The summed E-state index contributed by atoms with van der Waals surface area (Å²) >= 11 is 0. The van der Waals surface area contributed by atoms with Crippen molar-refractivity contribution in [3.8, 4) is 11.5 Å². The summed E-state index contributed by atoms with van der Waals surface area (Å²) in [5.41, 5.74) is 0.844. The number of ether oxygens (including phenoxy) is 2. The van der Waals surface area contributed by atoms with Gasteiger partial charge in [-0.05, 0) is 24.3 Å². The van der Waals surface area contributed by atoms with Gasteiger partial charge in [0.05, 0.1) is 13.2 Å². The molecule has 2 amide bonds. The number of methoxy groups -OCH3 is 1. The Kier molecular flexibility index (Phi) is 5.18. The summed E-state index contributed by atoms with van der Waals surface area (Å²) in [7, 11) is 1.57. The second-order valence-corrected chi connectivity index (χ2v) is 5.78. The van der Waals surface area contributed by atoms with Crippen molar-refractivity contribution in [1.29, 1.82) is 0 Å². The summed E-state index contributed by atoms with van der Waals surface area (Å²) in [4.78, 5) is 25.9. The topological polar surface area (TPSA) is 67.9 Å². The molecule has 1 aliphatic heterocycles. The minimum atomic E-state index is -0.254. The van der Waals surface area contributed by atoms with Crippen molar-refractivity contribution >= 4 is 17.5 Å². The van der Waals surface area contributed by atoms with Crippen molar-refractivity contribution in [1.82, 2.24) is 5.32 Å². The highest BCUT2D eigenvalue weighted by Crippen LogP contribution is 2.21. The van der Waals surface area contributed by atoms with E-state index >= 15 is 0 Å². The molecule has 2 aromatic rings. The lowest BCUT2D eigenvalue weighted by atomic mass is 10.2. The summed E-state index contributed by atoms with van der Waals surface area (Å²) in [5.74, 6) is 0.974. The van der Waals surface area contributed by atoms with Crippen molar-refractivity contribution in [2.45, 2.75) is 12.5 Å². The second kappa shape index (κ2) is 7.70. The van der Waals surface area contributed by atoms with Gasteiger partial charge in [0, 0.05) is 24.7 Å². The number of para-hydroxylation sites is 1. The number of anilines is 1. The van der Waals surface area contributed by atoms with E-state index in [1.807, 2.05) is 30.3 Å². The van der Waals surface area contributed by atoms with E-state index in [2.05, 4.69) is 5.32 Å². The van der Waals surface area contributed by atoms with E-state index in [1.165, 1.54) is 0 Å². The van der Waals surface area contributed by atoms with Crippen LogP contribution in [0.25, 0.3) is 0 Å². The van der Waals surface area contributed by atoms with E-state index in [9.17, 15) is 9.59 Å². The molecule has 1 aliphatic rings. The first-order chi connectivity index (χ1) is 12.2. The molecule has 1 saturated heterocycles. The molecule has 0 bridgehead atoms. The number of nitrogens with zero attached hydrogens (tertiary/aromatic N) is 1. The van der Waals surface area contributed by atoms with E-state index in [1.54, 1.807) is 36.3 Å².